The zero-order chi connectivity index (χ0) is 12.4. The molecule has 0 amide bonds. The maximum absolute atomic E-state index is 12.0. The minimum Gasteiger partial charge on any atom is -0.485 e. The van der Waals surface area contributed by atoms with Crippen LogP contribution >= 0.6 is 23.1 Å². The van der Waals surface area contributed by atoms with Crippen LogP contribution in [-0.4, -0.2) is 17.8 Å². The summed E-state index contributed by atoms with van der Waals surface area (Å²) in [6.45, 7) is 0.272. The van der Waals surface area contributed by atoms with Crippen LogP contribution in [0.25, 0.3) is 0 Å². The number of carbonyl (C=O) groups excluding carboxylic acids is 1. The fourth-order valence-electron chi connectivity index (χ4n) is 1.62. The first kappa shape index (κ1) is 11.6. The van der Waals surface area contributed by atoms with Crippen LogP contribution in [-0.2, 0) is 4.79 Å². The summed E-state index contributed by atoms with van der Waals surface area (Å²) in [4.78, 5) is 12.0. The van der Waals surface area contributed by atoms with E-state index in [-0.39, 0.29) is 11.7 Å². The first-order valence-electron chi connectivity index (χ1n) is 5.46. The van der Waals surface area contributed by atoms with Crippen LogP contribution in [0.1, 0.15) is 0 Å². The maximum Gasteiger partial charge on any atom is 0.238 e. The Morgan fingerprint density at radius 1 is 1.22 bits per heavy atom. The Morgan fingerprint density at radius 3 is 2.83 bits per heavy atom. The van der Waals surface area contributed by atoms with Gasteiger partial charge in [-0.15, -0.1) is 11.3 Å². The number of thiophene rings is 1. The van der Waals surface area contributed by atoms with Gasteiger partial charge < -0.3 is 9.47 Å². The van der Waals surface area contributed by atoms with E-state index < -0.39 is 6.10 Å². The molecule has 0 bridgehead atoms. The Bertz CT molecular complexity index is 551. The Balaban J connectivity index is 1.70. The molecular formula is C13H10O3S2. The predicted octanol–water partition coefficient (Wildman–Crippen LogP) is 3.21. The number of carbonyl (C=O) groups is 1. The number of benzene rings is 1. The largest absolute Gasteiger partial charge is 0.485 e. The zero-order valence-corrected chi connectivity index (χ0v) is 11.0. The molecule has 2 heterocycles. The van der Waals surface area contributed by atoms with Crippen LogP contribution in [0.15, 0.2) is 46.0 Å². The van der Waals surface area contributed by atoms with Crippen LogP contribution in [0.2, 0.25) is 0 Å². The lowest BCUT2D eigenvalue weighted by atomic mass is 10.3. The second-order valence-corrected chi connectivity index (χ2v) is 5.97. The van der Waals surface area contributed by atoms with E-state index in [1.54, 1.807) is 11.3 Å². The Hall–Kier alpha value is -1.46. The monoisotopic (exact) mass is 278 g/mol. The summed E-state index contributed by atoms with van der Waals surface area (Å²) < 4.78 is 12.1. The van der Waals surface area contributed by atoms with Gasteiger partial charge in [0.2, 0.25) is 11.2 Å². The van der Waals surface area contributed by atoms with Crippen LogP contribution < -0.4 is 9.47 Å². The summed E-state index contributed by atoms with van der Waals surface area (Å²) in [5.74, 6) is 1.33. The maximum atomic E-state index is 12.0. The van der Waals surface area contributed by atoms with Crippen molar-refractivity contribution >= 4 is 28.2 Å². The third-order valence-electron chi connectivity index (χ3n) is 2.47. The molecule has 0 spiro atoms. The lowest BCUT2D eigenvalue weighted by molar-refractivity contribution is -0.119. The molecule has 3 nitrogen and oxygen atoms in total. The molecule has 18 heavy (non-hydrogen) atoms. The summed E-state index contributed by atoms with van der Waals surface area (Å²) in [5.41, 5.74) is 0. The van der Waals surface area contributed by atoms with E-state index in [0.717, 1.165) is 4.21 Å². The normalized spacial score (nSPS) is 17.4. The van der Waals surface area contributed by atoms with Crippen molar-refractivity contribution in [2.45, 2.75) is 10.3 Å². The van der Waals surface area contributed by atoms with Gasteiger partial charge in [-0.25, -0.2) is 0 Å². The molecule has 1 aromatic carbocycles. The van der Waals surface area contributed by atoms with Crippen molar-refractivity contribution < 1.29 is 14.3 Å². The van der Waals surface area contributed by atoms with Crippen LogP contribution in [0, 0.1) is 0 Å². The van der Waals surface area contributed by atoms with E-state index in [0.29, 0.717) is 11.5 Å². The molecule has 1 aliphatic heterocycles. The van der Waals surface area contributed by atoms with Gasteiger partial charge in [0.05, 0.1) is 4.21 Å². The molecule has 1 aliphatic rings. The molecule has 0 N–H and O–H groups in total. The molecule has 0 saturated carbocycles. The van der Waals surface area contributed by atoms with Gasteiger partial charge in [0.25, 0.3) is 0 Å². The number of para-hydroxylation sites is 2. The number of fused-ring (bicyclic) bond motifs is 1. The van der Waals surface area contributed by atoms with Crippen molar-refractivity contribution in [1.82, 2.24) is 0 Å². The van der Waals surface area contributed by atoms with Crippen molar-refractivity contribution in [3.05, 3.63) is 41.8 Å². The highest BCUT2D eigenvalue weighted by Gasteiger charge is 2.27. The fourth-order valence-corrected chi connectivity index (χ4v) is 3.27. The van der Waals surface area contributed by atoms with Crippen molar-refractivity contribution in [2.24, 2.45) is 0 Å². The smallest absolute Gasteiger partial charge is 0.238 e. The summed E-state index contributed by atoms with van der Waals surface area (Å²) in [7, 11) is 0. The van der Waals surface area contributed by atoms with Gasteiger partial charge >= 0.3 is 0 Å². The minimum absolute atomic E-state index is 0.0213. The van der Waals surface area contributed by atoms with Crippen molar-refractivity contribution in [3.8, 4) is 11.5 Å². The van der Waals surface area contributed by atoms with Crippen molar-refractivity contribution in [3.63, 3.8) is 0 Å². The van der Waals surface area contributed by atoms with E-state index in [1.165, 1.54) is 11.8 Å². The first-order chi connectivity index (χ1) is 8.83. The summed E-state index contributed by atoms with van der Waals surface area (Å²) in [5, 5.41) is 1.93. The van der Waals surface area contributed by atoms with Gasteiger partial charge in [0, 0.05) is 0 Å². The number of thioether (sulfide) groups is 1. The SMILES string of the molecule is O=C(Sc1cccs1)[C@@H]1COc2ccccc2O1. The Labute approximate surface area is 113 Å². The molecule has 2 aromatic rings. The quantitative estimate of drug-likeness (QED) is 0.790. The third kappa shape index (κ3) is 2.37. The van der Waals surface area contributed by atoms with Crippen LogP contribution in [0.4, 0.5) is 0 Å². The fraction of sp³-hybridized carbons (Fsp3) is 0.154. The van der Waals surface area contributed by atoms with Gasteiger partial charge in [-0.2, -0.15) is 0 Å². The highest BCUT2D eigenvalue weighted by Crippen LogP contribution is 2.33. The van der Waals surface area contributed by atoms with Crippen LogP contribution in [0.3, 0.4) is 0 Å². The molecule has 1 atom stereocenters. The van der Waals surface area contributed by atoms with Gasteiger partial charge in [0.1, 0.15) is 6.61 Å². The van der Waals surface area contributed by atoms with E-state index in [2.05, 4.69) is 0 Å². The average Bonchev–Trinajstić information content (AvgIpc) is 2.91. The lowest BCUT2D eigenvalue weighted by Gasteiger charge is -2.24. The second-order valence-electron chi connectivity index (χ2n) is 3.72. The topological polar surface area (TPSA) is 35.5 Å². The van der Waals surface area contributed by atoms with E-state index in [4.69, 9.17) is 9.47 Å². The van der Waals surface area contributed by atoms with Gasteiger partial charge in [-0.05, 0) is 35.3 Å². The Morgan fingerprint density at radius 2 is 2.06 bits per heavy atom. The average molecular weight is 278 g/mol. The number of hydrogen-bond acceptors (Lipinski definition) is 5. The molecular weight excluding hydrogens is 268 g/mol. The molecule has 0 saturated heterocycles. The van der Waals surface area contributed by atoms with Gasteiger partial charge in [0.15, 0.2) is 11.5 Å². The summed E-state index contributed by atoms with van der Waals surface area (Å²) in [6.07, 6.45) is -0.535. The third-order valence-corrected chi connectivity index (χ3v) is 4.47. The molecule has 5 heteroatoms. The molecule has 0 fully saturated rings. The van der Waals surface area contributed by atoms with Crippen LogP contribution in [0.5, 0.6) is 11.5 Å². The second kappa shape index (κ2) is 5.04. The van der Waals surface area contributed by atoms with Gasteiger partial charge in [-0.3, -0.25) is 4.79 Å². The molecule has 1 aromatic heterocycles. The van der Waals surface area contributed by atoms with E-state index in [1.807, 2.05) is 41.8 Å². The molecule has 0 radical (unpaired) electrons. The van der Waals surface area contributed by atoms with Crippen molar-refractivity contribution in [1.29, 1.82) is 0 Å². The molecule has 92 valence electrons. The summed E-state index contributed by atoms with van der Waals surface area (Å²) >= 11 is 2.75. The number of hydrogen-bond donors (Lipinski definition) is 0. The number of rotatable bonds is 2. The first-order valence-corrected chi connectivity index (χ1v) is 7.16. The van der Waals surface area contributed by atoms with E-state index in [9.17, 15) is 4.79 Å². The summed E-state index contributed by atoms with van der Waals surface area (Å²) in [6, 6.07) is 11.2. The zero-order valence-electron chi connectivity index (χ0n) is 9.37. The molecule has 0 unspecified atom stereocenters. The Kier molecular flexibility index (Phi) is 3.25. The van der Waals surface area contributed by atoms with E-state index >= 15 is 0 Å². The molecule has 3 rings (SSSR count). The number of ether oxygens (including phenoxy) is 2. The minimum atomic E-state index is -0.535. The van der Waals surface area contributed by atoms with Crippen molar-refractivity contribution in [2.75, 3.05) is 6.61 Å². The molecule has 0 aliphatic carbocycles. The standard InChI is InChI=1S/C13H10O3S2/c14-13(18-12-6-3-7-17-12)11-8-15-9-4-1-2-5-10(9)16-11/h1-7,11H,8H2/t11-/m0/s1. The highest BCUT2D eigenvalue weighted by molar-refractivity contribution is 8.15. The highest BCUT2D eigenvalue weighted by atomic mass is 32.2. The predicted molar refractivity (Wildman–Crippen MR) is 71.5 cm³/mol. The lowest BCUT2D eigenvalue weighted by Crippen LogP contribution is -2.34. The van der Waals surface area contributed by atoms with Gasteiger partial charge in [-0.1, -0.05) is 18.2 Å².